The quantitative estimate of drug-likeness (QED) is 0.364. The van der Waals surface area contributed by atoms with Gasteiger partial charge in [-0.1, -0.05) is 13.8 Å². The first-order valence-electron chi connectivity index (χ1n) is 12.5. The van der Waals surface area contributed by atoms with E-state index in [1.807, 2.05) is 13.0 Å². The van der Waals surface area contributed by atoms with Gasteiger partial charge in [-0.15, -0.1) is 0 Å². The van der Waals surface area contributed by atoms with E-state index in [4.69, 9.17) is 0 Å². The van der Waals surface area contributed by atoms with Gasteiger partial charge in [0, 0.05) is 43.8 Å². The van der Waals surface area contributed by atoms with Crippen LogP contribution in [-0.4, -0.2) is 58.6 Å². The van der Waals surface area contributed by atoms with E-state index in [0.717, 1.165) is 34.3 Å². The van der Waals surface area contributed by atoms with Crippen LogP contribution in [0.2, 0.25) is 0 Å². The second-order valence-corrected chi connectivity index (χ2v) is 11.9. The smallest absolute Gasteiger partial charge is 0.246 e. The molecule has 5 rings (SSSR count). The molecule has 0 bridgehead atoms. The van der Waals surface area contributed by atoms with Gasteiger partial charge in [-0.2, -0.15) is 14.7 Å². The average molecular weight is 533 g/mol. The van der Waals surface area contributed by atoms with Crippen LogP contribution in [0.25, 0.3) is 16.6 Å². The third-order valence-electron chi connectivity index (χ3n) is 6.93. The fourth-order valence-corrected chi connectivity index (χ4v) is 6.69. The van der Waals surface area contributed by atoms with Crippen LogP contribution in [0.1, 0.15) is 36.7 Å². The molecule has 1 atom stereocenters. The normalized spacial score (nSPS) is 17.2. The number of pyridine rings is 1. The number of rotatable bonds is 6. The number of nitrogens with zero attached hydrogens (tertiary/aromatic N) is 6. The highest BCUT2D eigenvalue weighted by molar-refractivity contribution is 7.89. The summed E-state index contributed by atoms with van der Waals surface area (Å²) in [6, 6.07) is 15.0. The maximum Gasteiger partial charge on any atom is 0.246 e. The first-order chi connectivity index (χ1) is 18.2. The lowest BCUT2D eigenvalue weighted by Gasteiger charge is -2.42. The number of nitriles is 1. The van der Waals surface area contributed by atoms with Crippen molar-refractivity contribution in [1.82, 2.24) is 24.0 Å². The first-order valence-corrected chi connectivity index (χ1v) is 14.0. The Balaban J connectivity index is 1.54. The van der Waals surface area contributed by atoms with E-state index >= 15 is 0 Å². The molecule has 2 aromatic heterocycles. The standard InChI is InChI=1S/C28H29FN6O2S/c1-19(2)17-33-11-12-34(38(36,37)28-5-4-10-31-25(28)15-30)18-27(33)24-14-21-16-32-35(26(21)13-20(24)3)23-8-6-22(29)7-9-23/h4-10,13-14,16,19,27H,11-12,17-18H2,1-3H3/t27-/m1/s1. The van der Waals surface area contributed by atoms with E-state index in [2.05, 4.69) is 41.0 Å². The summed E-state index contributed by atoms with van der Waals surface area (Å²) in [5.74, 6) is 0.0911. The van der Waals surface area contributed by atoms with Gasteiger partial charge >= 0.3 is 0 Å². The maximum atomic E-state index is 13.6. The summed E-state index contributed by atoms with van der Waals surface area (Å²) in [7, 11) is -3.91. The predicted molar refractivity (Wildman–Crippen MR) is 143 cm³/mol. The van der Waals surface area contributed by atoms with Crippen LogP contribution >= 0.6 is 0 Å². The van der Waals surface area contributed by atoms with E-state index in [0.29, 0.717) is 19.0 Å². The van der Waals surface area contributed by atoms with Crippen molar-refractivity contribution in [3.05, 3.63) is 83.6 Å². The number of fused-ring (bicyclic) bond motifs is 1. The summed E-state index contributed by atoms with van der Waals surface area (Å²) in [5, 5.41) is 14.9. The zero-order valence-corrected chi connectivity index (χ0v) is 22.4. The van der Waals surface area contributed by atoms with Crippen molar-refractivity contribution in [1.29, 1.82) is 5.26 Å². The molecule has 1 aliphatic heterocycles. The second kappa shape index (κ2) is 10.3. The zero-order chi connectivity index (χ0) is 27.0. The minimum absolute atomic E-state index is 0.0636. The highest BCUT2D eigenvalue weighted by Gasteiger charge is 2.37. The van der Waals surface area contributed by atoms with Crippen LogP contribution in [-0.2, 0) is 10.0 Å². The molecule has 8 nitrogen and oxygen atoms in total. The lowest BCUT2D eigenvalue weighted by molar-refractivity contribution is 0.105. The number of hydrogen-bond donors (Lipinski definition) is 0. The van der Waals surface area contributed by atoms with Crippen molar-refractivity contribution in [3.8, 4) is 11.8 Å². The topological polar surface area (TPSA) is 95.1 Å². The van der Waals surface area contributed by atoms with Crippen molar-refractivity contribution in [2.45, 2.75) is 31.7 Å². The number of aryl methyl sites for hydroxylation is 1. The number of piperazine rings is 1. The molecule has 2 aromatic carbocycles. The van der Waals surface area contributed by atoms with Crippen molar-refractivity contribution >= 4 is 20.9 Å². The maximum absolute atomic E-state index is 13.6. The summed E-state index contributed by atoms with van der Waals surface area (Å²) >= 11 is 0. The van der Waals surface area contributed by atoms with Crippen LogP contribution in [0, 0.1) is 30.0 Å². The molecule has 0 radical (unpaired) electrons. The minimum atomic E-state index is -3.91. The van der Waals surface area contributed by atoms with Crippen LogP contribution in [0.3, 0.4) is 0 Å². The zero-order valence-electron chi connectivity index (χ0n) is 21.5. The number of halogens is 1. The van der Waals surface area contributed by atoms with Gasteiger partial charge in [-0.05, 0) is 72.5 Å². The Bertz CT molecular complexity index is 1630. The summed E-state index contributed by atoms with van der Waals surface area (Å²) < 4.78 is 44.0. The van der Waals surface area contributed by atoms with Crippen LogP contribution in [0.15, 0.2) is 65.8 Å². The van der Waals surface area contributed by atoms with Gasteiger partial charge in [0.15, 0.2) is 5.69 Å². The second-order valence-electron chi connectivity index (χ2n) is 10.0. The molecule has 10 heteroatoms. The van der Waals surface area contributed by atoms with Crippen LogP contribution in [0.5, 0.6) is 0 Å². The molecule has 1 saturated heterocycles. The Morgan fingerprint density at radius 1 is 1.16 bits per heavy atom. The molecular weight excluding hydrogens is 503 g/mol. The van der Waals surface area contributed by atoms with Gasteiger partial charge in [0.25, 0.3) is 0 Å². The predicted octanol–water partition coefficient (Wildman–Crippen LogP) is 4.44. The number of aromatic nitrogens is 3. The lowest BCUT2D eigenvalue weighted by atomic mass is 9.96. The molecule has 0 aliphatic carbocycles. The van der Waals surface area contributed by atoms with Crippen molar-refractivity contribution in [2.24, 2.45) is 5.92 Å². The van der Waals surface area contributed by atoms with Crippen molar-refractivity contribution in [3.63, 3.8) is 0 Å². The van der Waals surface area contributed by atoms with E-state index in [9.17, 15) is 18.1 Å². The van der Waals surface area contributed by atoms with E-state index in [1.165, 1.54) is 34.8 Å². The SMILES string of the molecule is Cc1cc2c(cnn2-c2ccc(F)cc2)cc1[C@H]1CN(S(=O)(=O)c2cccnc2C#N)CCN1CC(C)C. The summed E-state index contributed by atoms with van der Waals surface area (Å²) in [6.45, 7) is 8.29. The number of benzene rings is 2. The Morgan fingerprint density at radius 2 is 1.92 bits per heavy atom. The molecule has 196 valence electrons. The first kappa shape index (κ1) is 26.0. The third-order valence-corrected chi connectivity index (χ3v) is 8.83. The molecule has 4 aromatic rings. The van der Waals surface area contributed by atoms with Gasteiger partial charge in [0.2, 0.25) is 10.0 Å². The highest BCUT2D eigenvalue weighted by Crippen LogP contribution is 2.34. The molecule has 0 spiro atoms. The lowest BCUT2D eigenvalue weighted by Crippen LogP contribution is -2.51. The van der Waals surface area contributed by atoms with E-state index in [1.54, 1.807) is 23.0 Å². The Morgan fingerprint density at radius 3 is 2.63 bits per heavy atom. The summed E-state index contributed by atoms with van der Waals surface area (Å²) in [4.78, 5) is 6.24. The van der Waals surface area contributed by atoms with Gasteiger partial charge in [-0.3, -0.25) is 4.90 Å². The third kappa shape index (κ3) is 4.80. The van der Waals surface area contributed by atoms with Gasteiger partial charge in [-0.25, -0.2) is 22.5 Å². The van der Waals surface area contributed by atoms with Crippen LogP contribution < -0.4 is 0 Å². The molecule has 0 amide bonds. The molecule has 1 fully saturated rings. The highest BCUT2D eigenvalue weighted by atomic mass is 32.2. The largest absolute Gasteiger partial charge is 0.293 e. The van der Waals surface area contributed by atoms with Crippen molar-refractivity contribution in [2.75, 3.05) is 26.2 Å². The molecule has 0 N–H and O–H groups in total. The fraction of sp³-hybridized carbons (Fsp3) is 0.321. The van der Waals surface area contributed by atoms with Crippen molar-refractivity contribution < 1.29 is 12.8 Å². The van der Waals surface area contributed by atoms with E-state index in [-0.39, 0.29) is 29.0 Å². The van der Waals surface area contributed by atoms with Gasteiger partial charge < -0.3 is 0 Å². The molecular formula is C28H29FN6O2S. The number of sulfonamides is 1. The molecule has 3 heterocycles. The molecule has 0 unspecified atom stereocenters. The molecule has 1 aliphatic rings. The Hall–Kier alpha value is -3.65. The Kier molecular flexibility index (Phi) is 7.01. The van der Waals surface area contributed by atoms with Crippen LogP contribution in [0.4, 0.5) is 4.39 Å². The molecule has 38 heavy (non-hydrogen) atoms. The minimum Gasteiger partial charge on any atom is -0.293 e. The van der Waals surface area contributed by atoms with Gasteiger partial charge in [0.1, 0.15) is 16.8 Å². The monoisotopic (exact) mass is 532 g/mol. The number of hydrogen-bond acceptors (Lipinski definition) is 6. The summed E-state index contributed by atoms with van der Waals surface area (Å²) in [6.07, 6.45) is 3.20. The molecule has 0 saturated carbocycles. The van der Waals surface area contributed by atoms with E-state index < -0.39 is 10.0 Å². The summed E-state index contributed by atoms with van der Waals surface area (Å²) in [5.41, 5.74) is 3.60. The average Bonchev–Trinajstić information content (AvgIpc) is 3.31. The fourth-order valence-electron chi connectivity index (χ4n) is 5.16. The van der Waals surface area contributed by atoms with Gasteiger partial charge in [0.05, 0.1) is 17.4 Å². The Labute approximate surface area is 222 Å².